The fourth-order valence-electron chi connectivity index (χ4n) is 3.49. The van der Waals surface area contributed by atoms with E-state index in [1.807, 2.05) is 13.8 Å². The number of carbonyl (C=O) groups is 1. The Kier molecular flexibility index (Phi) is 4.82. The highest BCUT2D eigenvalue weighted by Gasteiger charge is 2.46. The zero-order chi connectivity index (χ0) is 19.0. The van der Waals surface area contributed by atoms with Crippen molar-refractivity contribution in [3.63, 3.8) is 0 Å². The lowest BCUT2D eigenvalue weighted by atomic mass is 9.98. The number of fused-ring (bicyclic) bond motifs is 1. The highest BCUT2D eigenvalue weighted by molar-refractivity contribution is 5.72. The Bertz CT molecular complexity index is 902. The molecule has 4 atom stereocenters. The SMILES string of the molecule is C=CCn1c(=O)n([C@@H]2O[C@H](CC)[C@@H](C)C2OC(C)=O)c2nc(N)ncc21. The van der Waals surface area contributed by atoms with Gasteiger partial charge in [0.1, 0.15) is 5.52 Å². The maximum Gasteiger partial charge on any atom is 0.332 e. The number of nitrogen functional groups attached to an aromatic ring is 1. The monoisotopic (exact) mass is 361 g/mol. The molecule has 9 heteroatoms. The van der Waals surface area contributed by atoms with Gasteiger partial charge >= 0.3 is 11.7 Å². The lowest BCUT2D eigenvalue weighted by molar-refractivity contribution is -0.153. The Morgan fingerprint density at radius 2 is 2.27 bits per heavy atom. The van der Waals surface area contributed by atoms with E-state index < -0.39 is 18.3 Å². The van der Waals surface area contributed by atoms with Gasteiger partial charge in [-0.25, -0.2) is 14.3 Å². The molecule has 2 N–H and O–H groups in total. The summed E-state index contributed by atoms with van der Waals surface area (Å²) in [5, 5.41) is 0. The van der Waals surface area contributed by atoms with Crippen LogP contribution >= 0.6 is 0 Å². The fraction of sp³-hybridized carbons (Fsp3) is 0.529. The molecule has 1 aliphatic rings. The van der Waals surface area contributed by atoms with E-state index in [-0.39, 0.29) is 30.2 Å². The van der Waals surface area contributed by atoms with E-state index in [9.17, 15) is 9.59 Å². The van der Waals surface area contributed by atoms with Gasteiger partial charge in [-0.2, -0.15) is 4.98 Å². The number of esters is 1. The first kappa shape index (κ1) is 18.1. The molecule has 2 aromatic heterocycles. The summed E-state index contributed by atoms with van der Waals surface area (Å²) in [5.41, 5.74) is 6.24. The summed E-state index contributed by atoms with van der Waals surface area (Å²) in [6.07, 6.45) is 2.30. The zero-order valence-corrected chi connectivity index (χ0v) is 15.1. The minimum Gasteiger partial charge on any atom is -0.457 e. The number of rotatable bonds is 5. The van der Waals surface area contributed by atoms with Gasteiger partial charge in [0.2, 0.25) is 5.95 Å². The Hall–Kier alpha value is -2.68. The van der Waals surface area contributed by atoms with Crippen molar-refractivity contribution in [1.29, 1.82) is 0 Å². The number of allylic oxidation sites excluding steroid dienone is 1. The van der Waals surface area contributed by atoms with Crippen LogP contribution in [-0.4, -0.2) is 37.3 Å². The molecule has 140 valence electrons. The van der Waals surface area contributed by atoms with Gasteiger partial charge in [-0.3, -0.25) is 9.36 Å². The summed E-state index contributed by atoms with van der Waals surface area (Å²) in [5.74, 6) is -0.453. The van der Waals surface area contributed by atoms with Crippen molar-refractivity contribution >= 4 is 23.1 Å². The van der Waals surface area contributed by atoms with Crippen molar-refractivity contribution < 1.29 is 14.3 Å². The third-order valence-electron chi connectivity index (χ3n) is 4.70. The summed E-state index contributed by atoms with van der Waals surface area (Å²) in [7, 11) is 0. The molecule has 0 radical (unpaired) electrons. The van der Waals surface area contributed by atoms with Crippen LogP contribution < -0.4 is 11.4 Å². The van der Waals surface area contributed by atoms with Crippen molar-refractivity contribution in [2.75, 3.05) is 5.73 Å². The number of imidazole rings is 1. The van der Waals surface area contributed by atoms with Crippen LogP contribution in [0.15, 0.2) is 23.6 Å². The van der Waals surface area contributed by atoms with Crippen LogP contribution in [0.4, 0.5) is 5.95 Å². The Morgan fingerprint density at radius 1 is 1.54 bits per heavy atom. The van der Waals surface area contributed by atoms with Crippen molar-refractivity contribution in [1.82, 2.24) is 19.1 Å². The predicted molar refractivity (Wildman–Crippen MR) is 95.3 cm³/mol. The van der Waals surface area contributed by atoms with E-state index in [0.717, 1.165) is 6.42 Å². The number of nitrogens with zero attached hydrogens (tertiary/aromatic N) is 4. The fourth-order valence-corrected chi connectivity index (χ4v) is 3.49. The number of nitrogens with two attached hydrogens (primary N) is 1. The van der Waals surface area contributed by atoms with Gasteiger partial charge in [0.25, 0.3) is 0 Å². The second kappa shape index (κ2) is 6.91. The molecular weight excluding hydrogens is 338 g/mol. The van der Waals surface area contributed by atoms with E-state index >= 15 is 0 Å². The number of ether oxygens (including phenoxy) is 2. The van der Waals surface area contributed by atoms with Crippen LogP contribution in [0.1, 0.15) is 33.4 Å². The molecule has 3 rings (SSSR count). The van der Waals surface area contributed by atoms with Gasteiger partial charge in [-0.15, -0.1) is 6.58 Å². The molecule has 0 bridgehead atoms. The molecule has 9 nitrogen and oxygen atoms in total. The number of carbonyl (C=O) groups excluding carboxylic acids is 1. The maximum atomic E-state index is 13.1. The number of hydrogen-bond acceptors (Lipinski definition) is 7. The quantitative estimate of drug-likeness (QED) is 0.629. The van der Waals surface area contributed by atoms with Gasteiger partial charge < -0.3 is 15.2 Å². The Balaban J connectivity index is 2.20. The Morgan fingerprint density at radius 3 is 2.88 bits per heavy atom. The number of aromatic nitrogens is 4. The van der Waals surface area contributed by atoms with Gasteiger partial charge in [-0.05, 0) is 6.42 Å². The van der Waals surface area contributed by atoms with Crippen molar-refractivity contribution in [3.8, 4) is 0 Å². The largest absolute Gasteiger partial charge is 0.457 e. The molecule has 3 heterocycles. The van der Waals surface area contributed by atoms with Crippen LogP contribution in [0.2, 0.25) is 0 Å². The molecule has 0 aliphatic carbocycles. The molecule has 0 amide bonds. The molecule has 0 spiro atoms. The normalized spacial score (nSPS) is 25.5. The van der Waals surface area contributed by atoms with Crippen molar-refractivity contribution in [2.45, 2.75) is 52.2 Å². The lowest BCUT2D eigenvalue weighted by Gasteiger charge is -2.21. The molecule has 1 saturated heterocycles. The highest BCUT2D eigenvalue weighted by atomic mass is 16.6. The minimum atomic E-state index is -0.783. The highest BCUT2D eigenvalue weighted by Crippen LogP contribution is 2.38. The molecule has 1 aliphatic heterocycles. The number of anilines is 1. The van der Waals surface area contributed by atoms with Crippen LogP contribution in [0.3, 0.4) is 0 Å². The van der Waals surface area contributed by atoms with Gasteiger partial charge in [-0.1, -0.05) is 19.9 Å². The third-order valence-corrected chi connectivity index (χ3v) is 4.70. The second-order valence-corrected chi connectivity index (χ2v) is 6.40. The molecule has 0 aromatic carbocycles. The first-order chi connectivity index (χ1) is 12.4. The summed E-state index contributed by atoms with van der Waals surface area (Å²) >= 11 is 0. The van der Waals surface area contributed by atoms with Crippen molar-refractivity contribution in [2.24, 2.45) is 5.92 Å². The summed E-state index contributed by atoms with van der Waals surface area (Å²) in [4.78, 5) is 32.9. The molecular formula is C17H23N5O4. The van der Waals surface area contributed by atoms with Crippen LogP contribution in [-0.2, 0) is 20.8 Å². The average molecular weight is 361 g/mol. The van der Waals surface area contributed by atoms with Crippen LogP contribution in [0.5, 0.6) is 0 Å². The summed E-state index contributed by atoms with van der Waals surface area (Å²) < 4.78 is 14.5. The van der Waals surface area contributed by atoms with Gasteiger partial charge in [0.15, 0.2) is 18.0 Å². The predicted octanol–water partition coefficient (Wildman–Crippen LogP) is 1.24. The molecule has 0 saturated carbocycles. The molecule has 26 heavy (non-hydrogen) atoms. The van der Waals surface area contributed by atoms with Gasteiger partial charge in [0.05, 0.1) is 12.3 Å². The second-order valence-electron chi connectivity index (χ2n) is 6.40. The molecule has 1 fully saturated rings. The minimum absolute atomic E-state index is 0.0455. The van der Waals surface area contributed by atoms with Gasteiger partial charge in [0, 0.05) is 19.4 Å². The Labute approximate surface area is 150 Å². The number of hydrogen-bond donors (Lipinski definition) is 1. The van der Waals surface area contributed by atoms with Crippen LogP contribution in [0.25, 0.3) is 11.2 Å². The van der Waals surface area contributed by atoms with Crippen LogP contribution in [0, 0.1) is 5.92 Å². The standard InChI is InChI=1S/C17H23N5O4/c1-5-7-21-11-8-19-16(18)20-14(11)22(17(21)24)15-13(25-10(4)23)9(3)12(6-2)26-15/h5,8-9,12-13,15H,1,6-7H2,2-4H3,(H2,18,19,20)/t9-,12-,13?,15-/m1/s1. The van der Waals surface area contributed by atoms with E-state index in [1.165, 1.54) is 22.3 Å². The topological polar surface area (TPSA) is 114 Å². The van der Waals surface area contributed by atoms with Crippen molar-refractivity contribution in [3.05, 3.63) is 29.3 Å². The smallest absolute Gasteiger partial charge is 0.332 e. The summed E-state index contributed by atoms with van der Waals surface area (Å²) in [6.45, 7) is 9.24. The van der Waals surface area contributed by atoms with E-state index in [2.05, 4.69) is 16.5 Å². The van der Waals surface area contributed by atoms with E-state index in [0.29, 0.717) is 11.2 Å². The molecule has 2 aromatic rings. The first-order valence-corrected chi connectivity index (χ1v) is 8.55. The maximum absolute atomic E-state index is 13.1. The zero-order valence-electron chi connectivity index (χ0n) is 15.1. The first-order valence-electron chi connectivity index (χ1n) is 8.55. The third kappa shape index (κ3) is 2.88. The van der Waals surface area contributed by atoms with E-state index in [4.69, 9.17) is 15.2 Å². The lowest BCUT2D eigenvalue weighted by Crippen LogP contribution is -2.35. The van der Waals surface area contributed by atoms with E-state index in [1.54, 1.807) is 6.08 Å². The average Bonchev–Trinajstić information content (AvgIpc) is 3.03. The summed E-state index contributed by atoms with van der Waals surface area (Å²) in [6, 6.07) is 0. The molecule has 1 unspecified atom stereocenters.